The molecule has 0 spiro atoms. The third-order valence-electron chi connectivity index (χ3n) is 3.08. The van der Waals surface area contributed by atoms with Crippen molar-refractivity contribution in [1.82, 2.24) is 9.55 Å². The average Bonchev–Trinajstić information content (AvgIpc) is 2.86. The summed E-state index contributed by atoms with van der Waals surface area (Å²) < 4.78 is 6.71. The highest BCUT2D eigenvalue weighted by molar-refractivity contribution is 5.69. The Morgan fingerprint density at radius 2 is 2.05 bits per heavy atom. The number of imidazole rings is 1. The molecule has 1 aromatic carbocycles. The summed E-state index contributed by atoms with van der Waals surface area (Å²) >= 11 is 0. The van der Waals surface area contributed by atoms with Crippen molar-refractivity contribution < 1.29 is 9.53 Å². The zero-order chi connectivity index (χ0) is 13.7. The number of carbonyl (C=O) groups excluding carboxylic acids is 1. The first-order valence-electron chi connectivity index (χ1n) is 6.30. The number of esters is 1. The van der Waals surface area contributed by atoms with Crippen LogP contribution in [0.25, 0.3) is 0 Å². The Morgan fingerprint density at radius 1 is 1.32 bits per heavy atom. The summed E-state index contributed by atoms with van der Waals surface area (Å²) in [6, 6.07) is 8.42. The van der Waals surface area contributed by atoms with Crippen molar-refractivity contribution in [3.63, 3.8) is 0 Å². The molecule has 2 rings (SSSR count). The molecule has 1 aromatic heterocycles. The van der Waals surface area contributed by atoms with Crippen LogP contribution in [0.5, 0.6) is 0 Å². The predicted molar refractivity (Wildman–Crippen MR) is 72.8 cm³/mol. The van der Waals surface area contributed by atoms with Gasteiger partial charge >= 0.3 is 5.97 Å². The maximum absolute atomic E-state index is 11.2. The molecule has 0 bridgehead atoms. The Morgan fingerprint density at radius 3 is 2.74 bits per heavy atom. The molecule has 0 unspecified atom stereocenters. The van der Waals surface area contributed by atoms with Crippen LogP contribution in [0.4, 0.5) is 0 Å². The Balaban J connectivity index is 2.03. The molecular weight excluding hydrogens is 240 g/mol. The van der Waals surface area contributed by atoms with Gasteiger partial charge in [0.2, 0.25) is 0 Å². The summed E-state index contributed by atoms with van der Waals surface area (Å²) in [5, 5.41) is 0. The van der Waals surface area contributed by atoms with E-state index >= 15 is 0 Å². The van der Waals surface area contributed by atoms with Gasteiger partial charge in [0.05, 0.1) is 19.9 Å². The number of hydrogen-bond donors (Lipinski definition) is 0. The van der Waals surface area contributed by atoms with Gasteiger partial charge in [-0.15, -0.1) is 0 Å². The molecule has 2 aromatic rings. The molecule has 100 valence electrons. The van der Waals surface area contributed by atoms with Crippen LogP contribution in [0.15, 0.2) is 36.8 Å². The van der Waals surface area contributed by atoms with Crippen LogP contribution in [-0.2, 0) is 22.5 Å². The fourth-order valence-electron chi connectivity index (χ4n) is 1.92. The lowest BCUT2D eigenvalue weighted by atomic mass is 10.1. The summed E-state index contributed by atoms with van der Waals surface area (Å²) in [7, 11) is 1.41. The van der Waals surface area contributed by atoms with E-state index in [0.717, 1.165) is 12.2 Å². The number of ether oxygens (including phenoxy) is 1. The Hall–Kier alpha value is -2.10. The lowest BCUT2D eigenvalue weighted by Gasteiger charge is -2.08. The minimum Gasteiger partial charge on any atom is -0.469 e. The number of nitrogens with zero attached hydrogens (tertiary/aromatic N) is 2. The van der Waals surface area contributed by atoms with E-state index in [2.05, 4.69) is 45.5 Å². The largest absolute Gasteiger partial charge is 0.469 e. The summed E-state index contributed by atoms with van der Waals surface area (Å²) in [5.41, 5.74) is 3.52. The molecule has 0 aliphatic carbocycles. The summed E-state index contributed by atoms with van der Waals surface area (Å²) in [6.45, 7) is 2.85. The second-order valence-electron chi connectivity index (χ2n) is 4.57. The van der Waals surface area contributed by atoms with Gasteiger partial charge in [0.25, 0.3) is 0 Å². The molecule has 0 fully saturated rings. The molecule has 4 nitrogen and oxygen atoms in total. The van der Waals surface area contributed by atoms with E-state index in [0.29, 0.717) is 12.8 Å². The first-order chi connectivity index (χ1) is 9.19. The minimum absolute atomic E-state index is 0.192. The number of benzene rings is 1. The highest BCUT2D eigenvalue weighted by atomic mass is 16.5. The SMILES string of the molecule is COC(=O)CCc1cncn1Cc1ccc(C)cc1. The number of rotatable bonds is 5. The molecule has 19 heavy (non-hydrogen) atoms. The van der Waals surface area contributed by atoms with Crippen LogP contribution >= 0.6 is 0 Å². The summed E-state index contributed by atoms with van der Waals surface area (Å²) in [6.07, 6.45) is 4.64. The van der Waals surface area contributed by atoms with Gasteiger partial charge in [0.1, 0.15) is 0 Å². The molecule has 0 radical (unpaired) electrons. The van der Waals surface area contributed by atoms with Crippen molar-refractivity contribution in [1.29, 1.82) is 0 Å². The summed E-state index contributed by atoms with van der Waals surface area (Å²) in [5.74, 6) is -0.192. The molecule has 1 heterocycles. The topological polar surface area (TPSA) is 44.1 Å². The van der Waals surface area contributed by atoms with Gasteiger partial charge < -0.3 is 9.30 Å². The maximum Gasteiger partial charge on any atom is 0.305 e. The van der Waals surface area contributed by atoms with Gasteiger partial charge in [-0.05, 0) is 18.9 Å². The number of methoxy groups -OCH3 is 1. The zero-order valence-electron chi connectivity index (χ0n) is 11.3. The number of hydrogen-bond acceptors (Lipinski definition) is 3. The molecule has 4 heteroatoms. The highest BCUT2D eigenvalue weighted by Crippen LogP contribution is 2.09. The van der Waals surface area contributed by atoms with Crippen molar-refractivity contribution in [3.8, 4) is 0 Å². The van der Waals surface area contributed by atoms with Crippen molar-refractivity contribution >= 4 is 5.97 Å². The molecule has 0 aliphatic heterocycles. The van der Waals surface area contributed by atoms with Gasteiger partial charge in [-0.3, -0.25) is 4.79 Å². The molecular formula is C15H18N2O2. The van der Waals surface area contributed by atoms with Gasteiger partial charge in [0.15, 0.2) is 0 Å². The zero-order valence-corrected chi connectivity index (χ0v) is 11.3. The summed E-state index contributed by atoms with van der Waals surface area (Å²) in [4.78, 5) is 15.3. The van der Waals surface area contributed by atoms with Crippen LogP contribution in [0.3, 0.4) is 0 Å². The van der Waals surface area contributed by atoms with Crippen LogP contribution < -0.4 is 0 Å². The number of aromatic nitrogens is 2. The second-order valence-corrected chi connectivity index (χ2v) is 4.57. The van der Waals surface area contributed by atoms with Crippen LogP contribution in [0, 0.1) is 6.92 Å². The number of carbonyl (C=O) groups is 1. The first-order valence-corrected chi connectivity index (χ1v) is 6.30. The fourth-order valence-corrected chi connectivity index (χ4v) is 1.92. The Labute approximate surface area is 113 Å². The Bertz CT molecular complexity index is 544. The van der Waals surface area contributed by atoms with E-state index in [1.54, 1.807) is 12.5 Å². The van der Waals surface area contributed by atoms with E-state index in [4.69, 9.17) is 0 Å². The monoisotopic (exact) mass is 258 g/mol. The molecule has 0 aliphatic rings. The normalized spacial score (nSPS) is 10.4. The van der Waals surface area contributed by atoms with E-state index in [1.807, 2.05) is 0 Å². The van der Waals surface area contributed by atoms with Crippen molar-refractivity contribution in [2.75, 3.05) is 7.11 Å². The smallest absolute Gasteiger partial charge is 0.305 e. The van der Waals surface area contributed by atoms with E-state index in [9.17, 15) is 4.79 Å². The third-order valence-corrected chi connectivity index (χ3v) is 3.08. The fraction of sp³-hybridized carbons (Fsp3) is 0.333. The van der Waals surface area contributed by atoms with Gasteiger partial charge in [-0.2, -0.15) is 0 Å². The van der Waals surface area contributed by atoms with E-state index in [1.165, 1.54) is 18.2 Å². The molecule has 0 N–H and O–H groups in total. The molecule has 0 atom stereocenters. The van der Waals surface area contributed by atoms with Gasteiger partial charge in [0, 0.05) is 18.4 Å². The predicted octanol–water partition coefficient (Wildman–Crippen LogP) is 2.35. The van der Waals surface area contributed by atoms with Crippen LogP contribution in [0.2, 0.25) is 0 Å². The number of aryl methyl sites for hydroxylation is 2. The second kappa shape index (κ2) is 6.18. The van der Waals surface area contributed by atoms with Crippen molar-refractivity contribution in [3.05, 3.63) is 53.6 Å². The Kier molecular flexibility index (Phi) is 4.34. The average molecular weight is 258 g/mol. The van der Waals surface area contributed by atoms with Crippen LogP contribution in [0.1, 0.15) is 23.2 Å². The molecule has 0 saturated carbocycles. The highest BCUT2D eigenvalue weighted by Gasteiger charge is 2.06. The molecule has 0 amide bonds. The lowest BCUT2D eigenvalue weighted by molar-refractivity contribution is -0.140. The quantitative estimate of drug-likeness (QED) is 0.773. The lowest BCUT2D eigenvalue weighted by Crippen LogP contribution is -2.07. The van der Waals surface area contributed by atoms with Crippen molar-refractivity contribution in [2.45, 2.75) is 26.3 Å². The van der Waals surface area contributed by atoms with Crippen molar-refractivity contribution in [2.24, 2.45) is 0 Å². The minimum atomic E-state index is -0.192. The van der Waals surface area contributed by atoms with Crippen LogP contribution in [-0.4, -0.2) is 22.6 Å². The maximum atomic E-state index is 11.2. The van der Waals surface area contributed by atoms with E-state index in [-0.39, 0.29) is 5.97 Å². The molecule has 0 saturated heterocycles. The standard InChI is InChI=1S/C15H18N2O2/c1-12-3-5-13(6-4-12)10-17-11-16-9-14(17)7-8-15(18)19-2/h3-6,9,11H,7-8,10H2,1-2H3. The third kappa shape index (κ3) is 3.68. The van der Waals surface area contributed by atoms with E-state index < -0.39 is 0 Å². The van der Waals surface area contributed by atoms with Gasteiger partial charge in [-0.1, -0.05) is 29.8 Å². The van der Waals surface area contributed by atoms with Gasteiger partial charge in [-0.25, -0.2) is 4.98 Å². The first kappa shape index (κ1) is 13.3.